The van der Waals surface area contributed by atoms with Gasteiger partial charge in [-0.3, -0.25) is 0 Å². The van der Waals surface area contributed by atoms with E-state index in [-0.39, 0.29) is 0 Å². The average molecular weight is 420 g/mol. The molecule has 2 unspecified atom stereocenters. The van der Waals surface area contributed by atoms with Gasteiger partial charge in [-0.05, 0) is 65.4 Å². The van der Waals surface area contributed by atoms with E-state index in [0.717, 1.165) is 46.5 Å². The van der Waals surface area contributed by atoms with Gasteiger partial charge in [0, 0.05) is 17.6 Å². The molecule has 2 aromatic rings. The molecule has 1 aliphatic heterocycles. The Bertz CT molecular complexity index is 750. The SMILES string of the molecule is COc1cc(CC2CCCC(c3ccccc3OC)N2)c(OC)cc1Br. The molecule has 0 spiro atoms. The summed E-state index contributed by atoms with van der Waals surface area (Å²) in [5.41, 5.74) is 2.39. The third-order valence-electron chi connectivity index (χ3n) is 5.02. The van der Waals surface area contributed by atoms with E-state index < -0.39 is 0 Å². The lowest BCUT2D eigenvalue weighted by molar-refractivity contribution is 0.310. The minimum Gasteiger partial charge on any atom is -0.496 e. The van der Waals surface area contributed by atoms with Gasteiger partial charge < -0.3 is 19.5 Å². The Balaban J connectivity index is 1.79. The Labute approximate surface area is 164 Å². The molecule has 26 heavy (non-hydrogen) atoms. The summed E-state index contributed by atoms with van der Waals surface area (Å²) in [5.74, 6) is 2.67. The van der Waals surface area contributed by atoms with Crippen molar-refractivity contribution in [3.63, 3.8) is 0 Å². The molecule has 0 aliphatic carbocycles. The monoisotopic (exact) mass is 419 g/mol. The van der Waals surface area contributed by atoms with Crippen molar-refractivity contribution >= 4 is 15.9 Å². The molecule has 140 valence electrons. The molecule has 1 saturated heterocycles. The lowest BCUT2D eigenvalue weighted by Crippen LogP contribution is -2.38. The van der Waals surface area contributed by atoms with Crippen molar-refractivity contribution in [3.05, 3.63) is 52.0 Å². The highest BCUT2D eigenvalue weighted by atomic mass is 79.9. The summed E-state index contributed by atoms with van der Waals surface area (Å²) < 4.78 is 17.5. The van der Waals surface area contributed by atoms with E-state index in [1.165, 1.54) is 12.0 Å². The van der Waals surface area contributed by atoms with Gasteiger partial charge in [-0.25, -0.2) is 0 Å². The molecular weight excluding hydrogens is 394 g/mol. The number of hydrogen-bond acceptors (Lipinski definition) is 4. The minimum absolute atomic E-state index is 0.313. The zero-order valence-electron chi connectivity index (χ0n) is 15.5. The molecule has 0 radical (unpaired) electrons. The lowest BCUT2D eigenvalue weighted by Gasteiger charge is -2.32. The first-order chi connectivity index (χ1) is 12.7. The number of nitrogens with one attached hydrogen (secondary N) is 1. The predicted octanol–water partition coefficient (Wildman–Crippen LogP) is 4.90. The minimum atomic E-state index is 0.313. The second-order valence-electron chi connectivity index (χ2n) is 6.59. The molecule has 0 amide bonds. The van der Waals surface area contributed by atoms with Gasteiger partial charge in [-0.2, -0.15) is 0 Å². The number of ether oxygens (including phenoxy) is 3. The fraction of sp³-hybridized carbons (Fsp3) is 0.429. The van der Waals surface area contributed by atoms with Crippen LogP contribution in [0.25, 0.3) is 0 Å². The smallest absolute Gasteiger partial charge is 0.133 e. The number of rotatable bonds is 6. The number of hydrogen-bond donors (Lipinski definition) is 1. The van der Waals surface area contributed by atoms with Gasteiger partial charge in [-0.1, -0.05) is 18.2 Å². The van der Waals surface area contributed by atoms with E-state index in [9.17, 15) is 0 Å². The van der Waals surface area contributed by atoms with Crippen molar-refractivity contribution in [2.75, 3.05) is 21.3 Å². The normalized spacial score (nSPS) is 19.8. The molecule has 2 atom stereocenters. The van der Waals surface area contributed by atoms with Gasteiger partial charge >= 0.3 is 0 Å². The van der Waals surface area contributed by atoms with Crippen LogP contribution in [0.1, 0.15) is 36.4 Å². The summed E-state index contributed by atoms with van der Waals surface area (Å²) in [6, 6.07) is 13.0. The van der Waals surface area contributed by atoms with Gasteiger partial charge in [0.25, 0.3) is 0 Å². The molecule has 0 aromatic heterocycles. The van der Waals surface area contributed by atoms with E-state index in [0.29, 0.717) is 12.1 Å². The van der Waals surface area contributed by atoms with Crippen molar-refractivity contribution in [1.29, 1.82) is 0 Å². The average Bonchev–Trinajstić information content (AvgIpc) is 2.69. The number of methoxy groups -OCH3 is 3. The second kappa shape index (κ2) is 8.78. The zero-order chi connectivity index (χ0) is 18.5. The van der Waals surface area contributed by atoms with E-state index in [1.807, 2.05) is 18.2 Å². The molecule has 1 aliphatic rings. The Morgan fingerprint density at radius 1 is 0.962 bits per heavy atom. The largest absolute Gasteiger partial charge is 0.496 e. The van der Waals surface area contributed by atoms with Crippen LogP contribution in [-0.4, -0.2) is 27.4 Å². The summed E-state index contributed by atoms with van der Waals surface area (Å²) in [4.78, 5) is 0. The first kappa shape index (κ1) is 19.1. The highest BCUT2D eigenvalue weighted by Crippen LogP contribution is 2.36. The van der Waals surface area contributed by atoms with E-state index >= 15 is 0 Å². The summed E-state index contributed by atoms with van der Waals surface area (Å²) in [5, 5.41) is 3.81. The zero-order valence-corrected chi connectivity index (χ0v) is 17.1. The Morgan fingerprint density at radius 3 is 2.42 bits per heavy atom. The third-order valence-corrected chi connectivity index (χ3v) is 5.64. The summed E-state index contributed by atoms with van der Waals surface area (Å²) in [6.45, 7) is 0. The molecule has 0 bridgehead atoms. The Hall–Kier alpha value is -1.72. The Kier molecular flexibility index (Phi) is 6.43. The van der Waals surface area contributed by atoms with Crippen molar-refractivity contribution in [1.82, 2.24) is 5.32 Å². The standard InChI is InChI=1S/C21H26BrNO3/c1-24-19-10-5-4-8-16(19)18-9-6-7-15(23-18)11-14-12-21(26-3)17(22)13-20(14)25-2/h4-5,8,10,12-13,15,18,23H,6-7,9,11H2,1-3H3. The van der Waals surface area contributed by atoms with Gasteiger partial charge in [0.15, 0.2) is 0 Å². The number of piperidine rings is 1. The van der Waals surface area contributed by atoms with Crippen LogP contribution in [0.3, 0.4) is 0 Å². The van der Waals surface area contributed by atoms with Crippen LogP contribution >= 0.6 is 15.9 Å². The summed E-state index contributed by atoms with van der Waals surface area (Å²) in [6.07, 6.45) is 4.36. The first-order valence-electron chi connectivity index (χ1n) is 8.95. The van der Waals surface area contributed by atoms with Crippen LogP contribution in [0.5, 0.6) is 17.2 Å². The van der Waals surface area contributed by atoms with Crippen molar-refractivity contribution in [3.8, 4) is 17.2 Å². The first-order valence-corrected chi connectivity index (χ1v) is 9.75. The molecule has 4 nitrogen and oxygen atoms in total. The maximum atomic E-state index is 5.58. The van der Waals surface area contributed by atoms with Crippen LogP contribution in [0.4, 0.5) is 0 Å². The van der Waals surface area contributed by atoms with Crippen molar-refractivity contribution in [2.45, 2.75) is 37.8 Å². The molecule has 1 heterocycles. The van der Waals surface area contributed by atoms with Crippen LogP contribution in [0.15, 0.2) is 40.9 Å². The van der Waals surface area contributed by atoms with Gasteiger partial charge in [0.05, 0.1) is 25.8 Å². The van der Waals surface area contributed by atoms with Gasteiger partial charge in [-0.15, -0.1) is 0 Å². The van der Waals surface area contributed by atoms with Gasteiger partial charge in [0.1, 0.15) is 17.2 Å². The second-order valence-corrected chi connectivity index (χ2v) is 7.45. The highest BCUT2D eigenvalue weighted by Gasteiger charge is 2.25. The lowest BCUT2D eigenvalue weighted by atomic mass is 9.90. The van der Waals surface area contributed by atoms with Crippen LogP contribution in [0.2, 0.25) is 0 Å². The van der Waals surface area contributed by atoms with Crippen LogP contribution in [0, 0.1) is 0 Å². The summed E-state index contributed by atoms with van der Waals surface area (Å²) in [7, 11) is 5.13. The van der Waals surface area contributed by atoms with Crippen LogP contribution in [-0.2, 0) is 6.42 Å². The number of benzene rings is 2. The maximum Gasteiger partial charge on any atom is 0.133 e. The fourth-order valence-corrected chi connectivity index (χ4v) is 4.21. The molecule has 2 aromatic carbocycles. The Morgan fingerprint density at radius 2 is 1.69 bits per heavy atom. The predicted molar refractivity (Wildman–Crippen MR) is 107 cm³/mol. The fourth-order valence-electron chi connectivity index (χ4n) is 3.73. The van der Waals surface area contributed by atoms with Crippen LogP contribution < -0.4 is 19.5 Å². The van der Waals surface area contributed by atoms with Crippen molar-refractivity contribution < 1.29 is 14.2 Å². The molecule has 0 saturated carbocycles. The van der Waals surface area contributed by atoms with Crippen molar-refractivity contribution in [2.24, 2.45) is 0 Å². The van der Waals surface area contributed by atoms with Gasteiger partial charge in [0.2, 0.25) is 0 Å². The molecule has 1 N–H and O–H groups in total. The maximum absolute atomic E-state index is 5.58. The van der Waals surface area contributed by atoms with E-state index in [1.54, 1.807) is 21.3 Å². The number of halogens is 1. The quantitative estimate of drug-likeness (QED) is 0.722. The summed E-state index contributed by atoms with van der Waals surface area (Å²) >= 11 is 3.53. The molecule has 5 heteroatoms. The number of para-hydroxylation sites is 1. The molecule has 3 rings (SSSR count). The van der Waals surface area contributed by atoms with E-state index in [4.69, 9.17) is 14.2 Å². The highest BCUT2D eigenvalue weighted by molar-refractivity contribution is 9.10. The molecule has 1 fully saturated rings. The van der Waals surface area contributed by atoms with E-state index in [2.05, 4.69) is 39.4 Å². The topological polar surface area (TPSA) is 39.7 Å². The third kappa shape index (κ3) is 4.15. The molecular formula is C21H26BrNO3.